The normalized spacial score (nSPS) is 21.3. The number of aliphatic hydroxyl groups excluding tert-OH is 1. The number of hydrogen-bond donors (Lipinski definition) is 1. The third-order valence-electron chi connectivity index (χ3n) is 4.14. The first-order valence-electron chi connectivity index (χ1n) is 7.29. The second kappa shape index (κ2) is 7.47. The fourth-order valence-corrected chi connectivity index (χ4v) is 2.75. The molecule has 0 unspecified atom stereocenters. The van der Waals surface area contributed by atoms with Gasteiger partial charge in [-0.25, -0.2) is 0 Å². The van der Waals surface area contributed by atoms with Crippen LogP contribution in [0, 0.1) is 11.8 Å². The molecule has 1 aromatic rings. The summed E-state index contributed by atoms with van der Waals surface area (Å²) in [5.74, 6) is 1.52. The second-order valence-electron chi connectivity index (χ2n) is 5.45. The van der Waals surface area contributed by atoms with Crippen LogP contribution in [-0.4, -0.2) is 50.1 Å². The van der Waals surface area contributed by atoms with Gasteiger partial charge in [0, 0.05) is 36.6 Å². The number of amides is 1. The molecule has 0 radical (unpaired) electrons. The molecule has 1 aromatic carbocycles. The van der Waals surface area contributed by atoms with Crippen LogP contribution >= 0.6 is 0 Å². The van der Waals surface area contributed by atoms with E-state index >= 15 is 0 Å². The molecule has 0 bridgehead atoms. The highest BCUT2D eigenvalue weighted by molar-refractivity contribution is 5.81. The summed E-state index contributed by atoms with van der Waals surface area (Å²) in [6.45, 7) is 3.09. The van der Waals surface area contributed by atoms with E-state index in [0.717, 1.165) is 11.3 Å². The number of rotatable bonds is 7. The molecule has 1 amide bonds. The van der Waals surface area contributed by atoms with Gasteiger partial charge in [0.05, 0.1) is 20.8 Å². The Morgan fingerprint density at radius 2 is 2.09 bits per heavy atom. The van der Waals surface area contributed by atoms with Gasteiger partial charge in [-0.3, -0.25) is 4.79 Å². The Balaban J connectivity index is 2.09. The van der Waals surface area contributed by atoms with Crippen molar-refractivity contribution in [2.24, 2.45) is 11.8 Å². The lowest BCUT2D eigenvalue weighted by atomic mass is 9.99. The first kappa shape index (κ1) is 16.6. The third kappa shape index (κ3) is 3.51. The van der Waals surface area contributed by atoms with Crippen LogP contribution in [0.3, 0.4) is 0 Å². The van der Waals surface area contributed by atoms with Crippen LogP contribution in [0.5, 0.6) is 11.5 Å². The van der Waals surface area contributed by atoms with E-state index in [9.17, 15) is 4.79 Å². The zero-order chi connectivity index (χ0) is 16.1. The van der Waals surface area contributed by atoms with Gasteiger partial charge in [0.15, 0.2) is 0 Å². The topological polar surface area (TPSA) is 68.2 Å². The molecule has 1 aliphatic rings. The molecule has 1 aliphatic heterocycles. The lowest BCUT2D eigenvalue weighted by Crippen LogP contribution is -2.26. The standard InChI is InChI=1S/C16H23NO5/c1-11-13(9-22-10-18)8-17(16(11)19)7-12-4-5-14(20-2)6-15(12)21-3/h4-6,11,13,18H,7-10H2,1-3H3/t11-,13-/m1/s1. The number of aliphatic hydroxyl groups is 1. The van der Waals surface area contributed by atoms with Gasteiger partial charge in [-0.15, -0.1) is 0 Å². The van der Waals surface area contributed by atoms with Crippen molar-refractivity contribution in [1.29, 1.82) is 0 Å². The minimum absolute atomic E-state index is 0.101. The summed E-state index contributed by atoms with van der Waals surface area (Å²) in [6, 6.07) is 5.58. The zero-order valence-corrected chi connectivity index (χ0v) is 13.2. The Morgan fingerprint density at radius 3 is 2.73 bits per heavy atom. The maximum absolute atomic E-state index is 12.3. The van der Waals surface area contributed by atoms with Crippen LogP contribution in [0.1, 0.15) is 12.5 Å². The van der Waals surface area contributed by atoms with E-state index in [1.54, 1.807) is 19.1 Å². The van der Waals surface area contributed by atoms with Crippen LogP contribution in [0.2, 0.25) is 0 Å². The van der Waals surface area contributed by atoms with E-state index in [-0.39, 0.29) is 24.5 Å². The first-order chi connectivity index (χ1) is 10.6. The molecule has 2 atom stereocenters. The summed E-state index contributed by atoms with van der Waals surface area (Å²) in [5.41, 5.74) is 0.938. The number of carbonyl (C=O) groups is 1. The number of hydrogen-bond acceptors (Lipinski definition) is 5. The minimum atomic E-state index is -0.316. The van der Waals surface area contributed by atoms with Crippen molar-refractivity contribution in [3.63, 3.8) is 0 Å². The van der Waals surface area contributed by atoms with E-state index in [1.807, 2.05) is 25.1 Å². The molecule has 0 aromatic heterocycles. The Morgan fingerprint density at radius 1 is 1.32 bits per heavy atom. The molecule has 6 nitrogen and oxygen atoms in total. The quantitative estimate of drug-likeness (QED) is 0.768. The smallest absolute Gasteiger partial charge is 0.226 e. The molecule has 22 heavy (non-hydrogen) atoms. The van der Waals surface area contributed by atoms with Gasteiger partial charge in [0.2, 0.25) is 5.91 Å². The van der Waals surface area contributed by atoms with Gasteiger partial charge in [-0.2, -0.15) is 0 Å². The summed E-state index contributed by atoms with van der Waals surface area (Å²) in [4.78, 5) is 14.2. The Kier molecular flexibility index (Phi) is 5.63. The molecular weight excluding hydrogens is 286 g/mol. The van der Waals surface area contributed by atoms with Crippen molar-refractivity contribution < 1.29 is 24.1 Å². The molecule has 6 heteroatoms. The van der Waals surface area contributed by atoms with Gasteiger partial charge in [-0.1, -0.05) is 6.92 Å². The predicted molar refractivity (Wildman–Crippen MR) is 80.7 cm³/mol. The highest BCUT2D eigenvalue weighted by Crippen LogP contribution is 2.30. The maximum atomic E-state index is 12.3. The number of likely N-dealkylation sites (tertiary alicyclic amines) is 1. The van der Waals surface area contributed by atoms with Crippen molar-refractivity contribution in [3.05, 3.63) is 23.8 Å². The average Bonchev–Trinajstić information content (AvgIpc) is 2.81. The Labute approximate surface area is 130 Å². The number of ether oxygens (including phenoxy) is 3. The molecule has 0 aliphatic carbocycles. The monoisotopic (exact) mass is 309 g/mol. The number of methoxy groups -OCH3 is 2. The first-order valence-corrected chi connectivity index (χ1v) is 7.29. The van der Waals surface area contributed by atoms with Crippen molar-refractivity contribution >= 4 is 5.91 Å². The van der Waals surface area contributed by atoms with Crippen LogP contribution in [0.4, 0.5) is 0 Å². The Hall–Kier alpha value is -1.79. The Bertz CT molecular complexity index is 519. The molecule has 1 heterocycles. The fraction of sp³-hybridized carbons (Fsp3) is 0.562. The van der Waals surface area contributed by atoms with Gasteiger partial charge in [-0.05, 0) is 12.1 Å². The van der Waals surface area contributed by atoms with Crippen LogP contribution in [0.25, 0.3) is 0 Å². The fourth-order valence-electron chi connectivity index (χ4n) is 2.75. The van der Waals surface area contributed by atoms with Gasteiger partial charge < -0.3 is 24.2 Å². The predicted octanol–water partition coefficient (Wildman–Crippen LogP) is 1.26. The van der Waals surface area contributed by atoms with E-state index in [2.05, 4.69) is 0 Å². The van der Waals surface area contributed by atoms with E-state index in [0.29, 0.717) is 25.4 Å². The van der Waals surface area contributed by atoms with Gasteiger partial charge in [0.1, 0.15) is 18.3 Å². The largest absolute Gasteiger partial charge is 0.497 e. The highest BCUT2D eigenvalue weighted by Gasteiger charge is 2.37. The number of benzene rings is 1. The number of nitrogens with zero attached hydrogens (tertiary/aromatic N) is 1. The van der Waals surface area contributed by atoms with Crippen LogP contribution < -0.4 is 9.47 Å². The summed E-state index contributed by atoms with van der Waals surface area (Å²) < 4.78 is 15.6. The maximum Gasteiger partial charge on any atom is 0.226 e. The molecule has 1 N–H and O–H groups in total. The van der Waals surface area contributed by atoms with Crippen LogP contribution in [0.15, 0.2) is 18.2 Å². The molecule has 1 fully saturated rings. The SMILES string of the molecule is COc1ccc(CN2C[C@H](COCO)[C@@H](C)C2=O)c(OC)c1. The van der Waals surface area contributed by atoms with E-state index in [1.165, 1.54) is 0 Å². The van der Waals surface area contributed by atoms with Crippen LogP contribution in [-0.2, 0) is 16.1 Å². The van der Waals surface area contributed by atoms with Crippen molar-refractivity contribution in [2.45, 2.75) is 13.5 Å². The van der Waals surface area contributed by atoms with E-state index < -0.39 is 0 Å². The van der Waals surface area contributed by atoms with Gasteiger partial charge >= 0.3 is 0 Å². The molecule has 1 saturated heterocycles. The second-order valence-corrected chi connectivity index (χ2v) is 5.45. The lowest BCUT2D eigenvalue weighted by Gasteiger charge is -2.19. The molecule has 2 rings (SSSR count). The minimum Gasteiger partial charge on any atom is -0.497 e. The zero-order valence-electron chi connectivity index (χ0n) is 13.2. The highest BCUT2D eigenvalue weighted by atomic mass is 16.6. The molecule has 0 saturated carbocycles. The third-order valence-corrected chi connectivity index (χ3v) is 4.14. The van der Waals surface area contributed by atoms with Crippen molar-refractivity contribution in [2.75, 3.05) is 34.2 Å². The van der Waals surface area contributed by atoms with Crippen molar-refractivity contribution in [3.8, 4) is 11.5 Å². The molecular formula is C16H23NO5. The lowest BCUT2D eigenvalue weighted by molar-refractivity contribution is -0.131. The summed E-state index contributed by atoms with van der Waals surface area (Å²) in [7, 11) is 3.20. The number of carbonyl (C=O) groups excluding carboxylic acids is 1. The summed E-state index contributed by atoms with van der Waals surface area (Å²) in [6.07, 6.45) is 0. The molecule has 0 spiro atoms. The average molecular weight is 309 g/mol. The summed E-state index contributed by atoms with van der Waals surface area (Å²) in [5, 5.41) is 8.75. The van der Waals surface area contributed by atoms with E-state index in [4.69, 9.17) is 19.3 Å². The summed E-state index contributed by atoms with van der Waals surface area (Å²) >= 11 is 0. The molecule has 122 valence electrons. The van der Waals surface area contributed by atoms with Crippen molar-refractivity contribution in [1.82, 2.24) is 4.90 Å². The van der Waals surface area contributed by atoms with Gasteiger partial charge in [0.25, 0.3) is 0 Å².